The molecule has 116 valence electrons. The van der Waals surface area contributed by atoms with E-state index in [4.69, 9.17) is 5.84 Å². The second-order valence-corrected chi connectivity index (χ2v) is 6.93. The van der Waals surface area contributed by atoms with E-state index in [1.807, 2.05) is 18.7 Å². The molecule has 0 unspecified atom stereocenters. The Morgan fingerprint density at radius 1 is 1.24 bits per heavy atom. The highest BCUT2D eigenvalue weighted by Crippen LogP contribution is 2.39. The molecule has 3 rings (SSSR count). The lowest BCUT2D eigenvalue weighted by Gasteiger charge is -2.26. The van der Waals surface area contributed by atoms with Gasteiger partial charge in [-0.25, -0.2) is 15.8 Å². The largest absolute Gasteiger partial charge is 0.368 e. The molecule has 0 aromatic carbocycles. The Labute approximate surface area is 130 Å². The Morgan fingerprint density at radius 2 is 1.95 bits per heavy atom. The first-order chi connectivity index (χ1) is 10.3. The van der Waals surface area contributed by atoms with Crippen molar-refractivity contribution < 1.29 is 0 Å². The van der Waals surface area contributed by atoms with Gasteiger partial charge in [0, 0.05) is 49.2 Å². The summed E-state index contributed by atoms with van der Waals surface area (Å²) >= 11 is 2.04. The third-order valence-corrected chi connectivity index (χ3v) is 5.01. The number of anilines is 2. The van der Waals surface area contributed by atoms with Gasteiger partial charge in [0.05, 0.1) is 0 Å². The molecule has 1 saturated heterocycles. The van der Waals surface area contributed by atoms with Crippen LogP contribution in [0.5, 0.6) is 0 Å². The lowest BCUT2D eigenvalue weighted by atomic mass is 10.2. The molecular weight excluding hydrogens is 284 g/mol. The van der Waals surface area contributed by atoms with Gasteiger partial charge in [-0.15, -0.1) is 0 Å². The lowest BCUT2D eigenvalue weighted by Crippen LogP contribution is -2.36. The maximum absolute atomic E-state index is 5.58. The third kappa shape index (κ3) is 3.78. The van der Waals surface area contributed by atoms with Crippen molar-refractivity contribution >= 4 is 23.4 Å². The molecule has 1 aliphatic heterocycles. The molecule has 0 amide bonds. The van der Waals surface area contributed by atoms with Crippen molar-refractivity contribution in [3.05, 3.63) is 11.4 Å². The number of thioether (sulfide) groups is 1. The molecule has 1 aromatic heterocycles. The molecule has 2 fully saturated rings. The van der Waals surface area contributed by atoms with E-state index < -0.39 is 0 Å². The van der Waals surface area contributed by atoms with Crippen LogP contribution in [-0.4, -0.2) is 52.6 Å². The number of nitrogen functional groups attached to an aromatic ring is 1. The summed E-state index contributed by atoms with van der Waals surface area (Å²) in [4.78, 5) is 11.7. The van der Waals surface area contributed by atoms with Gasteiger partial charge in [0.1, 0.15) is 17.5 Å². The van der Waals surface area contributed by atoms with Gasteiger partial charge in [-0.1, -0.05) is 0 Å². The number of aromatic nitrogens is 2. The van der Waals surface area contributed by atoms with Crippen molar-refractivity contribution in [2.75, 3.05) is 48.4 Å². The van der Waals surface area contributed by atoms with Gasteiger partial charge in [-0.2, -0.15) is 11.8 Å². The van der Waals surface area contributed by atoms with Crippen LogP contribution in [0.15, 0.2) is 0 Å². The van der Waals surface area contributed by atoms with Crippen LogP contribution in [0.3, 0.4) is 0 Å². The highest BCUT2D eigenvalue weighted by Gasteiger charge is 2.28. The number of hydrogen-bond acceptors (Lipinski definition) is 7. The predicted octanol–water partition coefficient (Wildman–Crippen LogP) is 1.41. The summed E-state index contributed by atoms with van der Waals surface area (Å²) in [5.74, 6) is 11.2. The van der Waals surface area contributed by atoms with Crippen molar-refractivity contribution in [2.45, 2.75) is 25.7 Å². The molecule has 0 bridgehead atoms. The molecule has 7 heteroatoms. The number of nitrogens with one attached hydrogen (secondary N) is 2. The summed E-state index contributed by atoms with van der Waals surface area (Å²) in [6, 6.07) is 0. The Bertz CT molecular complexity index is 485. The van der Waals surface area contributed by atoms with Crippen LogP contribution in [0.4, 0.5) is 11.6 Å². The number of hydrazine groups is 1. The number of nitrogens with zero attached hydrogens (tertiary/aromatic N) is 3. The van der Waals surface area contributed by atoms with Crippen LogP contribution in [0.25, 0.3) is 0 Å². The number of hydrogen-bond donors (Lipinski definition) is 3. The summed E-state index contributed by atoms with van der Waals surface area (Å²) in [6.45, 7) is 6.37. The minimum Gasteiger partial charge on any atom is -0.368 e. The number of nitrogens with two attached hydrogens (primary N) is 1. The molecule has 1 saturated carbocycles. The first-order valence-corrected chi connectivity index (χ1v) is 8.82. The normalized spacial score (nSPS) is 19.5. The Morgan fingerprint density at radius 3 is 2.62 bits per heavy atom. The smallest absolute Gasteiger partial charge is 0.148 e. The van der Waals surface area contributed by atoms with Gasteiger partial charge in [-0.05, 0) is 19.8 Å². The highest BCUT2D eigenvalue weighted by molar-refractivity contribution is 7.99. The molecule has 4 N–H and O–H groups in total. The van der Waals surface area contributed by atoms with E-state index in [0.717, 1.165) is 36.1 Å². The van der Waals surface area contributed by atoms with Crippen LogP contribution in [0.1, 0.15) is 30.1 Å². The Balaban J connectivity index is 1.61. The molecule has 1 aromatic rings. The molecular formula is C14H24N6S. The molecule has 0 atom stereocenters. The van der Waals surface area contributed by atoms with E-state index >= 15 is 0 Å². The van der Waals surface area contributed by atoms with Crippen molar-refractivity contribution in [1.82, 2.24) is 14.9 Å². The first-order valence-electron chi connectivity index (χ1n) is 7.67. The van der Waals surface area contributed by atoms with Crippen LogP contribution < -0.4 is 16.6 Å². The van der Waals surface area contributed by atoms with Crippen molar-refractivity contribution in [3.63, 3.8) is 0 Å². The van der Waals surface area contributed by atoms with Gasteiger partial charge in [-0.3, -0.25) is 4.90 Å². The fraction of sp³-hybridized carbons (Fsp3) is 0.714. The van der Waals surface area contributed by atoms with E-state index in [1.54, 1.807) is 0 Å². The van der Waals surface area contributed by atoms with Crippen molar-refractivity contribution in [3.8, 4) is 0 Å². The van der Waals surface area contributed by atoms with Gasteiger partial charge in [0.15, 0.2) is 0 Å². The van der Waals surface area contributed by atoms with E-state index in [-0.39, 0.29) is 0 Å². The maximum Gasteiger partial charge on any atom is 0.148 e. The fourth-order valence-corrected chi connectivity index (χ4v) is 3.51. The van der Waals surface area contributed by atoms with Crippen molar-refractivity contribution in [1.29, 1.82) is 0 Å². The SMILES string of the molecule is Cc1c(NN)nc(C2CC2)nc1NCCN1CCSCC1. The summed E-state index contributed by atoms with van der Waals surface area (Å²) < 4.78 is 0. The van der Waals surface area contributed by atoms with Gasteiger partial charge in [0.25, 0.3) is 0 Å². The minimum atomic E-state index is 0.525. The van der Waals surface area contributed by atoms with Crippen LogP contribution >= 0.6 is 11.8 Å². The number of rotatable bonds is 6. The third-order valence-electron chi connectivity index (χ3n) is 4.07. The zero-order valence-corrected chi connectivity index (χ0v) is 13.4. The maximum atomic E-state index is 5.58. The minimum absolute atomic E-state index is 0.525. The zero-order chi connectivity index (χ0) is 14.7. The van der Waals surface area contributed by atoms with E-state index in [1.165, 1.54) is 37.4 Å². The summed E-state index contributed by atoms with van der Waals surface area (Å²) in [6.07, 6.45) is 2.38. The second-order valence-electron chi connectivity index (χ2n) is 5.70. The molecule has 2 aliphatic rings. The van der Waals surface area contributed by atoms with Gasteiger partial charge >= 0.3 is 0 Å². The standard InChI is InChI=1S/C14H24N6S/c1-10-12(16-4-5-20-6-8-21-9-7-20)17-14(11-2-3-11)18-13(10)19-15/h11H,2-9,15H2,1H3,(H2,16,17,18,19). The Hall–Kier alpha value is -1.05. The molecule has 21 heavy (non-hydrogen) atoms. The first kappa shape index (κ1) is 14.9. The van der Waals surface area contributed by atoms with E-state index in [0.29, 0.717) is 5.92 Å². The average Bonchev–Trinajstić information content (AvgIpc) is 3.35. The molecule has 0 spiro atoms. The quantitative estimate of drug-likeness (QED) is 0.541. The topological polar surface area (TPSA) is 79.1 Å². The molecule has 0 radical (unpaired) electrons. The van der Waals surface area contributed by atoms with Crippen molar-refractivity contribution in [2.24, 2.45) is 5.84 Å². The van der Waals surface area contributed by atoms with Crippen LogP contribution in [0.2, 0.25) is 0 Å². The van der Waals surface area contributed by atoms with Gasteiger partial charge in [0.2, 0.25) is 0 Å². The van der Waals surface area contributed by atoms with Crippen LogP contribution in [-0.2, 0) is 0 Å². The molecule has 1 aliphatic carbocycles. The molecule has 2 heterocycles. The van der Waals surface area contributed by atoms with Gasteiger partial charge < -0.3 is 10.7 Å². The Kier molecular flexibility index (Phi) is 4.82. The summed E-state index contributed by atoms with van der Waals surface area (Å²) in [7, 11) is 0. The molecule has 6 nitrogen and oxygen atoms in total. The predicted molar refractivity (Wildman–Crippen MR) is 88.8 cm³/mol. The second kappa shape index (κ2) is 6.81. The van der Waals surface area contributed by atoms with Crippen LogP contribution in [0, 0.1) is 6.92 Å². The lowest BCUT2D eigenvalue weighted by molar-refractivity contribution is 0.314. The average molecular weight is 308 g/mol. The highest BCUT2D eigenvalue weighted by atomic mass is 32.2. The van der Waals surface area contributed by atoms with E-state index in [2.05, 4.69) is 25.6 Å². The summed E-state index contributed by atoms with van der Waals surface area (Å²) in [5.41, 5.74) is 3.69. The monoisotopic (exact) mass is 308 g/mol. The zero-order valence-electron chi connectivity index (χ0n) is 12.6. The van der Waals surface area contributed by atoms with E-state index in [9.17, 15) is 0 Å². The fourth-order valence-electron chi connectivity index (χ4n) is 2.53. The summed E-state index contributed by atoms with van der Waals surface area (Å²) in [5, 5.41) is 3.46.